The molecule has 0 radical (unpaired) electrons. The van der Waals surface area contributed by atoms with Crippen molar-refractivity contribution in [2.75, 3.05) is 0 Å². The second-order valence-electron chi connectivity index (χ2n) is 16.1. The topological polar surface area (TPSA) is 0 Å². The Morgan fingerprint density at radius 1 is 0.578 bits per heavy atom. The molecule has 0 saturated heterocycles. The molecule has 0 heterocycles. The zero-order valence-electron chi connectivity index (χ0n) is 29.4. The van der Waals surface area contributed by atoms with E-state index in [1.165, 1.54) is 79.2 Å². The van der Waals surface area contributed by atoms with Gasteiger partial charge in [-0.05, 0) is 104 Å². The lowest BCUT2D eigenvalue weighted by Crippen LogP contribution is -2.36. The normalized spacial score (nSPS) is 14.7. The third-order valence-electron chi connectivity index (χ3n) is 10.7. The van der Waals surface area contributed by atoms with Gasteiger partial charge in [-0.3, -0.25) is 0 Å². The van der Waals surface area contributed by atoms with Gasteiger partial charge in [-0.1, -0.05) is 163 Å². The summed E-state index contributed by atoms with van der Waals surface area (Å²) in [5, 5.41) is 3.42. The molecule has 0 saturated carbocycles. The Labute approximate surface area is 274 Å². The summed E-state index contributed by atoms with van der Waals surface area (Å²) in [5.74, 6) is 0. The van der Waals surface area contributed by atoms with Gasteiger partial charge in [0.05, 0.1) is 0 Å². The zero-order valence-corrected chi connectivity index (χ0v) is 30.4. The van der Waals surface area contributed by atoms with Crippen LogP contribution in [0.1, 0.15) is 99.4 Å². The minimum Gasteiger partial charge on any atom is -0.0712 e. The Morgan fingerprint density at radius 3 is 1.36 bits per heavy atom. The van der Waals surface area contributed by atoms with Crippen LogP contribution < -0.4 is 0 Å². The maximum atomic E-state index is 2.66. The predicted molar refractivity (Wildman–Crippen MR) is 201 cm³/mol. The van der Waals surface area contributed by atoms with Crippen LogP contribution >= 0.6 is 0 Å². The second-order valence-corrected chi connectivity index (χ2v) is 20.5. The SMILES string of the molecule is CCC[Si](C)(C1=Cc2c(cccc2-c2ccc(C(C)(C)C)cc2C)C1)C1=Cc2c(cccc2-c2ccc(C(C)(C)C)cc2C)C1. The summed E-state index contributed by atoms with van der Waals surface area (Å²) < 4.78 is 0. The summed E-state index contributed by atoms with van der Waals surface area (Å²) in [5.41, 5.74) is 17.3. The first-order chi connectivity index (χ1) is 21.2. The molecule has 0 aliphatic heterocycles. The molecule has 232 valence electrons. The van der Waals surface area contributed by atoms with Gasteiger partial charge in [-0.15, -0.1) is 0 Å². The van der Waals surface area contributed by atoms with Crippen LogP contribution in [0, 0.1) is 13.8 Å². The molecule has 0 spiro atoms. The molecule has 2 aliphatic rings. The molecule has 0 fully saturated rings. The van der Waals surface area contributed by atoms with Crippen LogP contribution in [0.2, 0.25) is 12.6 Å². The average molecular weight is 609 g/mol. The van der Waals surface area contributed by atoms with Crippen molar-refractivity contribution in [1.29, 1.82) is 0 Å². The van der Waals surface area contributed by atoms with E-state index in [-0.39, 0.29) is 10.8 Å². The van der Waals surface area contributed by atoms with Crippen LogP contribution in [0.25, 0.3) is 34.4 Å². The van der Waals surface area contributed by atoms with E-state index in [1.54, 1.807) is 10.4 Å². The van der Waals surface area contributed by atoms with E-state index in [1.807, 2.05) is 0 Å². The molecule has 45 heavy (non-hydrogen) atoms. The van der Waals surface area contributed by atoms with Gasteiger partial charge in [0, 0.05) is 0 Å². The van der Waals surface area contributed by atoms with Crippen LogP contribution in [0.3, 0.4) is 0 Å². The fourth-order valence-corrected chi connectivity index (χ4v) is 11.9. The molecule has 4 aromatic carbocycles. The van der Waals surface area contributed by atoms with Crippen molar-refractivity contribution in [3.8, 4) is 22.3 Å². The van der Waals surface area contributed by atoms with Gasteiger partial charge in [0.1, 0.15) is 8.07 Å². The largest absolute Gasteiger partial charge is 0.106 e. The first kappa shape index (κ1) is 31.6. The van der Waals surface area contributed by atoms with Gasteiger partial charge in [0.15, 0.2) is 0 Å². The highest BCUT2D eigenvalue weighted by atomic mass is 28.3. The molecule has 0 N–H and O–H groups in total. The van der Waals surface area contributed by atoms with E-state index in [0.717, 1.165) is 12.8 Å². The van der Waals surface area contributed by atoms with Crippen molar-refractivity contribution in [2.24, 2.45) is 0 Å². The Morgan fingerprint density at radius 2 is 1.00 bits per heavy atom. The molecule has 0 unspecified atom stereocenters. The van der Waals surface area contributed by atoms with Gasteiger partial charge in [-0.2, -0.15) is 0 Å². The van der Waals surface area contributed by atoms with E-state index < -0.39 is 8.07 Å². The van der Waals surface area contributed by atoms with E-state index >= 15 is 0 Å². The van der Waals surface area contributed by atoms with Gasteiger partial charge >= 0.3 is 0 Å². The zero-order chi connectivity index (χ0) is 32.3. The van der Waals surface area contributed by atoms with E-state index in [4.69, 9.17) is 0 Å². The van der Waals surface area contributed by atoms with Gasteiger partial charge < -0.3 is 0 Å². The standard InChI is InChI=1S/C44H52Si/c1-11-22-45(10,35-25-31-14-12-16-39(41(31)27-35)37-20-18-33(23-29(37)2)43(4,5)6)36-26-32-15-13-17-40(42(32)28-36)38-21-19-34(24-30(38)3)44(7,8)9/h12-21,23-24,27-28H,11,22,25-26H2,1-10H3. The maximum absolute atomic E-state index is 2.66. The number of benzene rings is 4. The predicted octanol–water partition coefficient (Wildman–Crippen LogP) is 12.4. The minimum absolute atomic E-state index is 0.156. The van der Waals surface area contributed by atoms with E-state index in [2.05, 4.69) is 154 Å². The third kappa shape index (κ3) is 5.74. The highest BCUT2D eigenvalue weighted by Gasteiger charge is 2.39. The van der Waals surface area contributed by atoms with Crippen LogP contribution in [0.5, 0.6) is 0 Å². The quantitative estimate of drug-likeness (QED) is 0.191. The highest BCUT2D eigenvalue weighted by Crippen LogP contribution is 2.46. The first-order valence-corrected chi connectivity index (χ1v) is 19.8. The molecule has 4 aromatic rings. The summed E-state index contributed by atoms with van der Waals surface area (Å²) in [6.45, 7) is 23.4. The van der Waals surface area contributed by atoms with Crippen molar-refractivity contribution >= 4 is 20.2 Å². The van der Waals surface area contributed by atoms with Crippen LogP contribution in [-0.4, -0.2) is 8.07 Å². The first-order valence-electron chi connectivity index (χ1n) is 17.1. The molecule has 6 rings (SSSR count). The monoisotopic (exact) mass is 608 g/mol. The van der Waals surface area contributed by atoms with Crippen LogP contribution in [-0.2, 0) is 23.7 Å². The number of fused-ring (bicyclic) bond motifs is 2. The Hall–Kier alpha value is -3.42. The maximum Gasteiger partial charge on any atom is 0.106 e. The fourth-order valence-electron chi connectivity index (χ4n) is 7.81. The van der Waals surface area contributed by atoms with Crippen molar-refractivity contribution in [3.63, 3.8) is 0 Å². The van der Waals surface area contributed by atoms with Gasteiger partial charge in [0.2, 0.25) is 0 Å². The summed E-state index contributed by atoms with van der Waals surface area (Å²) in [4.78, 5) is 0. The average Bonchev–Trinajstić information content (AvgIpc) is 3.62. The number of aryl methyl sites for hydroxylation is 2. The third-order valence-corrected chi connectivity index (χ3v) is 15.7. The van der Waals surface area contributed by atoms with Crippen molar-refractivity contribution in [1.82, 2.24) is 0 Å². The lowest BCUT2D eigenvalue weighted by Gasteiger charge is -2.31. The van der Waals surface area contributed by atoms with Crippen LogP contribution in [0.15, 0.2) is 83.2 Å². The smallest absolute Gasteiger partial charge is 0.0712 e. The van der Waals surface area contributed by atoms with Crippen molar-refractivity contribution in [2.45, 2.75) is 105 Å². The van der Waals surface area contributed by atoms with Crippen molar-refractivity contribution < 1.29 is 0 Å². The molecular weight excluding hydrogens is 557 g/mol. The molecular formula is C44H52Si. The number of hydrogen-bond donors (Lipinski definition) is 0. The van der Waals surface area contributed by atoms with Gasteiger partial charge in [0.25, 0.3) is 0 Å². The summed E-state index contributed by atoms with van der Waals surface area (Å²) in [7, 11) is -1.90. The van der Waals surface area contributed by atoms with E-state index in [0.29, 0.717) is 0 Å². The summed E-state index contributed by atoms with van der Waals surface area (Å²) >= 11 is 0. The Kier molecular flexibility index (Phi) is 8.01. The van der Waals surface area contributed by atoms with Crippen LogP contribution in [0.4, 0.5) is 0 Å². The Balaban J connectivity index is 1.40. The minimum atomic E-state index is -1.90. The second kappa shape index (κ2) is 11.4. The number of hydrogen-bond acceptors (Lipinski definition) is 0. The Bertz CT molecular complexity index is 1720. The molecule has 0 amide bonds. The molecule has 0 bridgehead atoms. The molecule has 2 aliphatic carbocycles. The number of rotatable bonds is 6. The van der Waals surface area contributed by atoms with Gasteiger partial charge in [-0.25, -0.2) is 0 Å². The lowest BCUT2D eigenvalue weighted by atomic mass is 9.84. The number of allylic oxidation sites excluding steroid dienone is 2. The highest BCUT2D eigenvalue weighted by molar-refractivity contribution is 6.93. The van der Waals surface area contributed by atoms with E-state index in [9.17, 15) is 0 Å². The fraction of sp³-hybridized carbons (Fsp3) is 0.364. The molecule has 0 aromatic heterocycles. The summed E-state index contributed by atoms with van der Waals surface area (Å²) in [6.07, 6.45) is 8.68. The molecule has 1 heteroatoms. The molecule has 0 nitrogen and oxygen atoms in total. The summed E-state index contributed by atoms with van der Waals surface area (Å²) in [6, 6.07) is 29.5. The molecule has 0 atom stereocenters. The lowest BCUT2D eigenvalue weighted by molar-refractivity contribution is 0.589. The van der Waals surface area contributed by atoms with Crippen molar-refractivity contribution in [3.05, 3.63) is 128 Å².